The number of rotatable bonds is 4. The molecule has 1 spiro atoms. The summed E-state index contributed by atoms with van der Waals surface area (Å²) in [7, 11) is 0. The number of benzene rings is 2. The zero-order valence-electron chi connectivity index (χ0n) is 19.8. The van der Waals surface area contributed by atoms with E-state index in [2.05, 4.69) is 32.0 Å². The van der Waals surface area contributed by atoms with Gasteiger partial charge in [-0.3, -0.25) is 9.69 Å². The summed E-state index contributed by atoms with van der Waals surface area (Å²) in [6.45, 7) is 6.97. The van der Waals surface area contributed by atoms with E-state index < -0.39 is 11.0 Å². The van der Waals surface area contributed by atoms with Crippen molar-refractivity contribution >= 4 is 12.0 Å². The van der Waals surface area contributed by atoms with Gasteiger partial charge in [0.15, 0.2) is 5.60 Å². The average molecular weight is 467 g/mol. The minimum atomic E-state index is -0.693. The Balaban J connectivity index is 1.34. The fraction of sp³-hybridized carbons (Fsp3) is 0.481. The highest BCUT2D eigenvalue weighted by molar-refractivity contribution is 5.89. The fourth-order valence-corrected chi connectivity index (χ4v) is 5.75. The Bertz CT molecular complexity index is 1080. The monoisotopic (exact) mass is 466 g/mol. The van der Waals surface area contributed by atoms with Gasteiger partial charge in [-0.05, 0) is 49.9 Å². The number of amides is 2. The fourth-order valence-electron chi connectivity index (χ4n) is 5.75. The summed E-state index contributed by atoms with van der Waals surface area (Å²) in [5.74, 6) is -0.203. The molecule has 3 heterocycles. The molecule has 0 aliphatic carbocycles. The number of carbonyl (C=O) groups excluding carboxylic acids is 2. The molecule has 0 aromatic heterocycles. The Morgan fingerprint density at radius 2 is 1.68 bits per heavy atom. The topological polar surface area (TPSA) is 59.1 Å². The van der Waals surface area contributed by atoms with Gasteiger partial charge in [-0.15, -0.1) is 0 Å². The second-order valence-electron chi connectivity index (χ2n) is 10.1. The molecule has 0 unspecified atom stereocenters. The van der Waals surface area contributed by atoms with Crippen molar-refractivity contribution in [2.75, 3.05) is 32.8 Å². The van der Waals surface area contributed by atoms with Gasteiger partial charge >= 0.3 is 6.09 Å². The van der Waals surface area contributed by atoms with Crippen LogP contribution in [0.15, 0.2) is 42.5 Å². The minimum Gasteiger partial charge on any atom is -0.439 e. The summed E-state index contributed by atoms with van der Waals surface area (Å²) in [6.07, 6.45) is 1.53. The Morgan fingerprint density at radius 3 is 2.35 bits per heavy atom. The molecule has 2 amide bonds. The number of nitrogens with zero attached hydrogens (tertiary/aromatic N) is 2. The molecular weight excluding hydrogens is 435 g/mol. The number of hydrogen-bond acceptors (Lipinski definition) is 4. The molecule has 0 bridgehead atoms. The third-order valence-corrected chi connectivity index (χ3v) is 7.46. The zero-order chi connectivity index (χ0) is 23.9. The van der Waals surface area contributed by atoms with Crippen molar-refractivity contribution in [3.8, 4) is 0 Å². The lowest BCUT2D eigenvalue weighted by Gasteiger charge is -2.39. The second kappa shape index (κ2) is 8.69. The smallest absolute Gasteiger partial charge is 0.410 e. The molecule has 2 aromatic carbocycles. The van der Waals surface area contributed by atoms with Gasteiger partial charge in [0.2, 0.25) is 5.91 Å². The zero-order valence-corrected chi connectivity index (χ0v) is 19.8. The molecule has 0 saturated carbocycles. The van der Waals surface area contributed by atoms with Crippen LogP contribution >= 0.6 is 0 Å². The van der Waals surface area contributed by atoms with Gasteiger partial charge in [0.05, 0.1) is 18.5 Å². The first kappa shape index (κ1) is 22.8. The number of aryl methyl sites for hydroxylation is 2. The predicted molar refractivity (Wildman–Crippen MR) is 125 cm³/mol. The summed E-state index contributed by atoms with van der Waals surface area (Å²) < 4.78 is 24.7. The molecule has 3 fully saturated rings. The van der Waals surface area contributed by atoms with Crippen molar-refractivity contribution < 1.29 is 23.5 Å². The van der Waals surface area contributed by atoms with Gasteiger partial charge in [-0.1, -0.05) is 41.5 Å². The van der Waals surface area contributed by atoms with E-state index >= 15 is 0 Å². The van der Waals surface area contributed by atoms with Crippen molar-refractivity contribution in [3.63, 3.8) is 0 Å². The Kier molecular flexibility index (Phi) is 5.84. The molecule has 1 atom stereocenters. The van der Waals surface area contributed by atoms with E-state index in [1.54, 1.807) is 17.0 Å². The van der Waals surface area contributed by atoms with E-state index in [1.807, 2.05) is 4.90 Å². The summed E-state index contributed by atoms with van der Waals surface area (Å²) >= 11 is 0. The van der Waals surface area contributed by atoms with Gasteiger partial charge in [0.25, 0.3) is 0 Å². The van der Waals surface area contributed by atoms with E-state index in [0.717, 1.165) is 22.3 Å². The molecule has 6 nitrogen and oxygen atoms in total. The quantitative estimate of drug-likeness (QED) is 0.680. The normalized spacial score (nSPS) is 24.0. The SMILES string of the molecule is Cc1cc(C)cc(C2(C(=O)N3CC[C@@]4(CN(Cc5ccc(F)cc5)C(=O)O4)C3)CCOCC2)c1. The van der Waals surface area contributed by atoms with Gasteiger partial charge < -0.3 is 14.4 Å². The highest BCUT2D eigenvalue weighted by Crippen LogP contribution is 2.41. The van der Waals surface area contributed by atoms with Gasteiger partial charge in [-0.2, -0.15) is 0 Å². The van der Waals surface area contributed by atoms with Crippen LogP contribution in [0.2, 0.25) is 0 Å². The number of likely N-dealkylation sites (tertiary alicyclic amines) is 1. The van der Waals surface area contributed by atoms with E-state index in [9.17, 15) is 14.0 Å². The predicted octanol–water partition coefficient (Wildman–Crippen LogP) is 4.11. The first-order valence-corrected chi connectivity index (χ1v) is 12.0. The molecule has 5 rings (SSSR count). The molecule has 180 valence electrons. The molecule has 2 aromatic rings. The molecule has 3 aliphatic rings. The third kappa shape index (κ3) is 4.17. The van der Waals surface area contributed by atoms with Crippen LogP contribution in [0.5, 0.6) is 0 Å². The van der Waals surface area contributed by atoms with Crippen LogP contribution in [0, 0.1) is 19.7 Å². The number of ether oxygens (including phenoxy) is 2. The van der Waals surface area contributed by atoms with Crippen molar-refractivity contribution in [2.45, 2.75) is 50.7 Å². The molecule has 3 saturated heterocycles. The summed E-state index contributed by atoms with van der Waals surface area (Å²) in [5.41, 5.74) is 2.89. The lowest BCUT2D eigenvalue weighted by Crippen LogP contribution is -2.50. The average Bonchev–Trinajstić information content (AvgIpc) is 3.36. The molecule has 34 heavy (non-hydrogen) atoms. The van der Waals surface area contributed by atoms with E-state index in [-0.39, 0.29) is 17.8 Å². The highest BCUT2D eigenvalue weighted by Gasteiger charge is 2.53. The summed E-state index contributed by atoms with van der Waals surface area (Å²) in [6, 6.07) is 12.5. The molecule has 0 radical (unpaired) electrons. The minimum absolute atomic E-state index is 0.103. The van der Waals surface area contributed by atoms with E-state index in [1.165, 1.54) is 12.1 Å². The number of halogens is 1. The molecule has 3 aliphatic heterocycles. The molecular formula is C27H31FN2O4. The van der Waals surface area contributed by atoms with Crippen LogP contribution in [0.4, 0.5) is 9.18 Å². The maximum absolute atomic E-state index is 14.1. The lowest BCUT2D eigenvalue weighted by molar-refractivity contribution is -0.141. The highest BCUT2D eigenvalue weighted by atomic mass is 19.1. The number of carbonyl (C=O) groups is 2. The van der Waals surface area contributed by atoms with E-state index in [0.29, 0.717) is 58.7 Å². The maximum Gasteiger partial charge on any atom is 0.410 e. The maximum atomic E-state index is 14.1. The van der Waals surface area contributed by atoms with Gasteiger partial charge in [0.1, 0.15) is 5.82 Å². The van der Waals surface area contributed by atoms with Crippen LogP contribution in [-0.4, -0.2) is 60.2 Å². The van der Waals surface area contributed by atoms with Crippen molar-refractivity contribution in [1.29, 1.82) is 0 Å². The molecule has 7 heteroatoms. The third-order valence-electron chi connectivity index (χ3n) is 7.46. The summed E-state index contributed by atoms with van der Waals surface area (Å²) in [5, 5.41) is 0. The van der Waals surface area contributed by atoms with Crippen LogP contribution in [-0.2, 0) is 26.2 Å². The van der Waals surface area contributed by atoms with Gasteiger partial charge in [0, 0.05) is 32.7 Å². The Morgan fingerprint density at radius 1 is 1.00 bits per heavy atom. The standard InChI is InChI=1S/C27H31FN2O4/c1-19-13-20(2)15-22(14-19)27(8-11-33-12-9-27)24(31)29-10-7-26(17-29)18-30(25(32)34-26)16-21-3-5-23(28)6-4-21/h3-6,13-15H,7-12,16-18H2,1-2H3/t26-/m0/s1. The molecule has 0 N–H and O–H groups in total. The lowest BCUT2D eigenvalue weighted by atomic mass is 9.72. The number of hydrogen-bond donors (Lipinski definition) is 0. The van der Waals surface area contributed by atoms with Crippen LogP contribution < -0.4 is 0 Å². The van der Waals surface area contributed by atoms with Crippen molar-refractivity contribution in [2.24, 2.45) is 0 Å². The largest absolute Gasteiger partial charge is 0.439 e. The van der Waals surface area contributed by atoms with Crippen LogP contribution in [0.1, 0.15) is 41.5 Å². The van der Waals surface area contributed by atoms with Crippen molar-refractivity contribution in [1.82, 2.24) is 9.80 Å². The first-order chi connectivity index (χ1) is 16.3. The van der Waals surface area contributed by atoms with Gasteiger partial charge in [-0.25, -0.2) is 9.18 Å². The summed E-state index contributed by atoms with van der Waals surface area (Å²) in [4.78, 5) is 30.2. The van der Waals surface area contributed by atoms with E-state index in [4.69, 9.17) is 9.47 Å². The first-order valence-electron chi connectivity index (χ1n) is 12.0. The second-order valence-corrected chi connectivity index (χ2v) is 10.1. The van der Waals surface area contributed by atoms with Crippen molar-refractivity contribution in [3.05, 3.63) is 70.5 Å². The Labute approximate surface area is 199 Å². The Hall–Kier alpha value is -2.93. The van der Waals surface area contributed by atoms with Crippen LogP contribution in [0.25, 0.3) is 0 Å². The van der Waals surface area contributed by atoms with Crippen LogP contribution in [0.3, 0.4) is 0 Å².